The molecule has 2 heterocycles. The number of esters is 1. The molecule has 2 aromatic heterocycles. The van der Waals surface area contributed by atoms with Crippen molar-refractivity contribution in [1.82, 2.24) is 9.36 Å². The molecule has 0 spiro atoms. The summed E-state index contributed by atoms with van der Waals surface area (Å²) in [4.78, 5) is 30.2. The van der Waals surface area contributed by atoms with Crippen LogP contribution in [0.1, 0.15) is 20.9 Å². The van der Waals surface area contributed by atoms with Crippen molar-refractivity contribution >= 4 is 29.2 Å². The first kappa shape index (κ1) is 21.3. The van der Waals surface area contributed by atoms with E-state index in [0.717, 1.165) is 11.4 Å². The van der Waals surface area contributed by atoms with Crippen LogP contribution in [-0.4, -0.2) is 28.7 Å². The molecule has 0 fully saturated rings. The minimum atomic E-state index is -0.443. The van der Waals surface area contributed by atoms with Crippen molar-refractivity contribution < 1.29 is 14.3 Å². The number of nitrogens with zero attached hydrogens (tertiary/aromatic N) is 3. The number of carbonyl (C=O) groups excluding carboxylic acids is 1. The molecule has 4 rings (SSSR count). The van der Waals surface area contributed by atoms with E-state index >= 15 is 0 Å². The van der Waals surface area contributed by atoms with Gasteiger partial charge in [0.1, 0.15) is 4.88 Å². The van der Waals surface area contributed by atoms with Gasteiger partial charge in [0.2, 0.25) is 0 Å². The predicted octanol–water partition coefficient (Wildman–Crippen LogP) is 4.52. The topological polar surface area (TPSA) is 74.8 Å². The molecule has 0 unspecified atom stereocenters. The second-order valence-corrected chi connectivity index (χ2v) is 7.89. The standard InChI is InChI=1S/C24H21N3O4S/c1-16-22(23(28)27(26(16)2)18-8-5-4-6-9-18)25-15-17-11-12-19(20(14-17)30-3)31-24(29)21-10-7-13-32-21/h4-15H,1-3H3. The molecule has 0 amide bonds. The Morgan fingerprint density at radius 2 is 1.84 bits per heavy atom. The Kier molecular flexibility index (Phi) is 6.04. The van der Waals surface area contributed by atoms with Gasteiger partial charge in [0, 0.05) is 13.3 Å². The summed E-state index contributed by atoms with van der Waals surface area (Å²) in [6.45, 7) is 1.85. The molecule has 4 aromatic rings. The highest BCUT2D eigenvalue weighted by molar-refractivity contribution is 7.12. The van der Waals surface area contributed by atoms with Gasteiger partial charge in [-0.05, 0) is 54.3 Å². The molecule has 0 N–H and O–H groups in total. The molecule has 0 atom stereocenters. The third kappa shape index (κ3) is 4.13. The SMILES string of the molecule is COc1cc(C=Nc2c(C)n(C)n(-c3ccccc3)c2=O)ccc1OC(=O)c1cccs1. The van der Waals surface area contributed by atoms with Crippen molar-refractivity contribution in [1.29, 1.82) is 0 Å². The molecule has 162 valence electrons. The van der Waals surface area contributed by atoms with Gasteiger partial charge in [-0.15, -0.1) is 11.3 Å². The molecule has 0 aliphatic rings. The van der Waals surface area contributed by atoms with Crippen LogP contribution in [0.2, 0.25) is 0 Å². The molecule has 0 saturated heterocycles. The van der Waals surface area contributed by atoms with Crippen LogP contribution in [0.5, 0.6) is 11.5 Å². The average Bonchev–Trinajstić information content (AvgIpc) is 3.42. The third-order valence-electron chi connectivity index (χ3n) is 4.98. The number of rotatable bonds is 6. The summed E-state index contributed by atoms with van der Waals surface area (Å²) in [5.74, 6) is 0.261. The summed E-state index contributed by atoms with van der Waals surface area (Å²) in [6, 6.07) is 18.0. The number of carbonyl (C=O) groups is 1. The Hall–Kier alpha value is -3.91. The van der Waals surface area contributed by atoms with Gasteiger partial charge in [0.15, 0.2) is 17.2 Å². The summed E-state index contributed by atoms with van der Waals surface area (Å²) in [5, 5.41) is 1.81. The number of methoxy groups -OCH3 is 1. The van der Waals surface area contributed by atoms with Crippen molar-refractivity contribution in [2.24, 2.45) is 12.0 Å². The fourth-order valence-corrected chi connectivity index (χ4v) is 3.83. The van der Waals surface area contributed by atoms with Gasteiger partial charge in [-0.3, -0.25) is 9.48 Å². The summed E-state index contributed by atoms with van der Waals surface area (Å²) in [6.07, 6.45) is 1.59. The Labute approximate surface area is 188 Å². The zero-order valence-corrected chi connectivity index (χ0v) is 18.6. The van der Waals surface area contributed by atoms with Crippen LogP contribution in [0.3, 0.4) is 0 Å². The molecular formula is C24H21N3O4S. The van der Waals surface area contributed by atoms with Crippen molar-refractivity contribution in [2.45, 2.75) is 6.92 Å². The highest BCUT2D eigenvalue weighted by Gasteiger charge is 2.16. The summed E-state index contributed by atoms with van der Waals surface area (Å²) in [5.41, 5.74) is 2.35. The lowest BCUT2D eigenvalue weighted by Crippen LogP contribution is -2.19. The normalized spacial score (nSPS) is 11.1. The lowest BCUT2D eigenvalue weighted by atomic mass is 10.2. The first-order chi connectivity index (χ1) is 15.5. The molecule has 0 aliphatic carbocycles. The minimum Gasteiger partial charge on any atom is -0.493 e. The van der Waals surface area contributed by atoms with Crippen LogP contribution in [0.4, 0.5) is 5.69 Å². The van der Waals surface area contributed by atoms with Crippen molar-refractivity contribution in [3.63, 3.8) is 0 Å². The number of aromatic nitrogens is 2. The summed E-state index contributed by atoms with van der Waals surface area (Å²) < 4.78 is 14.2. The number of thiophene rings is 1. The predicted molar refractivity (Wildman–Crippen MR) is 125 cm³/mol. The molecule has 2 aromatic carbocycles. The summed E-state index contributed by atoms with van der Waals surface area (Å²) in [7, 11) is 3.32. The Morgan fingerprint density at radius 1 is 1.06 bits per heavy atom. The highest BCUT2D eigenvalue weighted by atomic mass is 32.1. The van der Waals surface area contributed by atoms with Gasteiger partial charge in [-0.25, -0.2) is 14.5 Å². The highest BCUT2D eigenvalue weighted by Crippen LogP contribution is 2.29. The van der Waals surface area contributed by atoms with Crippen LogP contribution < -0.4 is 15.0 Å². The second-order valence-electron chi connectivity index (χ2n) is 6.95. The zero-order valence-electron chi connectivity index (χ0n) is 17.8. The Bertz CT molecular complexity index is 1340. The van der Waals surface area contributed by atoms with E-state index in [0.29, 0.717) is 27.6 Å². The number of para-hydroxylation sites is 1. The monoisotopic (exact) mass is 447 g/mol. The van der Waals surface area contributed by atoms with E-state index in [9.17, 15) is 9.59 Å². The first-order valence-corrected chi connectivity index (χ1v) is 10.7. The van der Waals surface area contributed by atoms with Crippen molar-refractivity contribution in [3.05, 3.63) is 92.5 Å². The number of hydrogen-bond donors (Lipinski definition) is 0. The van der Waals surface area contributed by atoms with Gasteiger partial charge in [-0.2, -0.15) is 0 Å². The third-order valence-corrected chi connectivity index (χ3v) is 5.83. The van der Waals surface area contributed by atoms with E-state index in [-0.39, 0.29) is 5.56 Å². The van der Waals surface area contributed by atoms with Crippen LogP contribution in [-0.2, 0) is 7.05 Å². The number of benzene rings is 2. The van der Waals surface area contributed by atoms with Crippen LogP contribution in [0, 0.1) is 6.92 Å². The second kappa shape index (κ2) is 9.07. The maximum atomic E-state index is 13.0. The van der Waals surface area contributed by atoms with Gasteiger partial charge in [0.25, 0.3) is 5.56 Å². The molecule has 8 heteroatoms. The van der Waals surface area contributed by atoms with Gasteiger partial charge in [-0.1, -0.05) is 24.3 Å². The maximum Gasteiger partial charge on any atom is 0.353 e. The van der Waals surface area contributed by atoms with Gasteiger partial charge in [0.05, 0.1) is 18.5 Å². The van der Waals surface area contributed by atoms with Gasteiger partial charge < -0.3 is 9.47 Å². The van der Waals surface area contributed by atoms with Crippen LogP contribution >= 0.6 is 11.3 Å². The number of aliphatic imine (C=N–C) groups is 1. The Balaban J connectivity index is 1.62. The quantitative estimate of drug-likeness (QED) is 0.247. The molecular weight excluding hydrogens is 426 g/mol. The fraction of sp³-hybridized carbons (Fsp3) is 0.125. The van der Waals surface area contributed by atoms with Crippen molar-refractivity contribution in [2.75, 3.05) is 7.11 Å². The van der Waals surface area contributed by atoms with E-state index in [4.69, 9.17) is 9.47 Å². The molecule has 0 bridgehead atoms. The first-order valence-electron chi connectivity index (χ1n) is 9.81. The number of hydrogen-bond acceptors (Lipinski definition) is 6. The molecule has 0 saturated carbocycles. The maximum absolute atomic E-state index is 13.0. The largest absolute Gasteiger partial charge is 0.493 e. The molecule has 32 heavy (non-hydrogen) atoms. The van der Waals surface area contributed by atoms with E-state index in [1.54, 1.807) is 45.9 Å². The van der Waals surface area contributed by atoms with Gasteiger partial charge >= 0.3 is 5.97 Å². The fourth-order valence-electron chi connectivity index (χ4n) is 3.24. The Morgan fingerprint density at radius 3 is 2.53 bits per heavy atom. The zero-order chi connectivity index (χ0) is 22.7. The molecule has 0 radical (unpaired) electrons. The average molecular weight is 448 g/mol. The van der Waals surface area contributed by atoms with Crippen molar-refractivity contribution in [3.8, 4) is 17.2 Å². The van der Waals surface area contributed by atoms with E-state index in [1.165, 1.54) is 18.4 Å². The minimum absolute atomic E-state index is 0.207. The number of ether oxygens (including phenoxy) is 2. The van der Waals surface area contributed by atoms with Crippen LogP contribution in [0.25, 0.3) is 5.69 Å². The molecule has 7 nitrogen and oxygen atoms in total. The van der Waals surface area contributed by atoms with E-state index in [2.05, 4.69) is 4.99 Å². The smallest absolute Gasteiger partial charge is 0.353 e. The lowest BCUT2D eigenvalue weighted by Gasteiger charge is -2.09. The lowest BCUT2D eigenvalue weighted by molar-refractivity contribution is 0.0735. The van der Waals surface area contributed by atoms with E-state index < -0.39 is 5.97 Å². The van der Waals surface area contributed by atoms with Crippen LogP contribution in [0.15, 0.2) is 75.8 Å². The van der Waals surface area contributed by atoms with E-state index in [1.807, 2.05) is 49.7 Å². The summed E-state index contributed by atoms with van der Waals surface area (Å²) >= 11 is 1.31. The molecule has 0 aliphatic heterocycles.